The summed E-state index contributed by atoms with van der Waals surface area (Å²) in [6.07, 6.45) is -6.44. The van der Waals surface area contributed by atoms with Gasteiger partial charge in [-0.15, -0.1) is 0 Å². The van der Waals surface area contributed by atoms with Gasteiger partial charge in [0.25, 0.3) is 11.1 Å². The topological polar surface area (TPSA) is 169 Å². The molecule has 6 aromatic rings. The van der Waals surface area contributed by atoms with Crippen molar-refractivity contribution in [3.63, 3.8) is 0 Å². The largest absolute Gasteiger partial charge is 0.489 e. The van der Waals surface area contributed by atoms with Crippen molar-refractivity contribution in [3.05, 3.63) is 155 Å². The first-order valence-electron chi connectivity index (χ1n) is 18.7. The second-order valence-electron chi connectivity index (χ2n) is 12.9. The molecule has 25 heteroatoms. The van der Waals surface area contributed by atoms with E-state index in [1.54, 1.807) is 0 Å². The van der Waals surface area contributed by atoms with E-state index in [1.165, 1.54) is 18.2 Å². The number of nitrogen functional groups attached to an aromatic ring is 1. The standard InChI is InChI=1S/C22H15F5N2O4S.C15H13F3N2O3S.C7H3ClF2O/c1-3-9-33-15-8-7-11(22(25,26)27)10-12(15)18-17(20(31)32-2)28-21(34-18)29-19(30)16-13(23)5-4-6-14(16)24;1-3-6-23-10-5-4-8(15(16,17)18)7-9(10)12-11(13(21)22-2)20-14(19)24-12;8-7(11)6-4(9)2-1-3-5(6)10/h3-8,10H,1,9H2,2H3,(H,28,29,30);3-5,7H,1,6H2,2H3,(H2,19,20);1-3H. The number of ether oxygens (including phenoxy) is 4. The maximum atomic E-state index is 13.9. The third kappa shape index (κ3) is 13.9. The van der Waals surface area contributed by atoms with Gasteiger partial charge in [0.15, 0.2) is 21.7 Å². The number of halogens is 11. The van der Waals surface area contributed by atoms with E-state index in [9.17, 15) is 63.1 Å². The monoisotopic (exact) mass is 1030 g/mol. The Kier molecular flexibility index (Phi) is 18.6. The SMILES string of the molecule is C=CCOc1ccc(C(F)(F)F)cc1-c1sc(N)nc1C(=O)OC.C=CCOc1ccc(C(F)(F)F)cc1-c1sc(NC(=O)c2c(F)cccc2F)nc1C(=O)OC.O=C(Cl)c1c(F)cccc1F. The van der Waals surface area contributed by atoms with Crippen LogP contribution in [0.4, 0.5) is 54.2 Å². The predicted molar refractivity (Wildman–Crippen MR) is 234 cm³/mol. The molecule has 0 unspecified atom stereocenters. The molecule has 364 valence electrons. The van der Waals surface area contributed by atoms with E-state index < -0.39 is 86.7 Å². The van der Waals surface area contributed by atoms with Crippen LogP contribution in [0.2, 0.25) is 0 Å². The van der Waals surface area contributed by atoms with E-state index >= 15 is 0 Å². The minimum Gasteiger partial charge on any atom is -0.489 e. The molecule has 0 aliphatic rings. The van der Waals surface area contributed by atoms with Gasteiger partial charge in [0.05, 0.1) is 35.1 Å². The first kappa shape index (κ1) is 54.3. The number of aromatic nitrogens is 2. The van der Waals surface area contributed by atoms with E-state index in [1.807, 2.05) is 0 Å². The second-order valence-corrected chi connectivity index (χ2v) is 15.3. The Bertz CT molecular complexity index is 2850. The number of hydrogen-bond acceptors (Lipinski definition) is 13. The van der Waals surface area contributed by atoms with Gasteiger partial charge in [-0.3, -0.25) is 14.9 Å². The highest BCUT2D eigenvalue weighted by molar-refractivity contribution is 7.19. The lowest BCUT2D eigenvalue weighted by Gasteiger charge is -2.13. The van der Waals surface area contributed by atoms with Crippen LogP contribution < -0.4 is 20.5 Å². The number of nitrogens with one attached hydrogen (secondary N) is 1. The zero-order valence-electron chi connectivity index (χ0n) is 35.1. The lowest BCUT2D eigenvalue weighted by atomic mass is 10.1. The molecule has 0 spiro atoms. The fourth-order valence-corrected chi connectivity index (χ4v) is 7.41. The van der Waals surface area contributed by atoms with Crippen LogP contribution >= 0.6 is 34.3 Å². The van der Waals surface area contributed by atoms with Crippen molar-refractivity contribution in [1.82, 2.24) is 9.97 Å². The number of esters is 2. The van der Waals surface area contributed by atoms with E-state index in [-0.39, 0.29) is 61.6 Å². The summed E-state index contributed by atoms with van der Waals surface area (Å²) in [4.78, 5) is 54.7. The molecule has 6 rings (SSSR count). The molecule has 0 saturated carbocycles. The Hall–Kier alpha value is -7.31. The van der Waals surface area contributed by atoms with Crippen LogP contribution in [0.15, 0.2) is 98.1 Å². The van der Waals surface area contributed by atoms with Crippen molar-refractivity contribution in [3.8, 4) is 32.4 Å². The van der Waals surface area contributed by atoms with Gasteiger partial charge in [0, 0.05) is 11.1 Å². The van der Waals surface area contributed by atoms with Gasteiger partial charge in [0.1, 0.15) is 59.1 Å². The van der Waals surface area contributed by atoms with E-state index in [0.29, 0.717) is 11.3 Å². The van der Waals surface area contributed by atoms with Crippen molar-refractivity contribution < 1.29 is 82.0 Å². The summed E-state index contributed by atoms with van der Waals surface area (Å²) < 4.78 is 152. The second kappa shape index (κ2) is 23.6. The first-order valence-corrected chi connectivity index (χ1v) is 20.7. The van der Waals surface area contributed by atoms with Gasteiger partial charge in [-0.2, -0.15) is 26.3 Å². The number of nitrogens with zero attached hydrogens (tertiary/aromatic N) is 2. The Morgan fingerprint density at radius 2 is 1.07 bits per heavy atom. The Balaban J connectivity index is 0.000000255. The Morgan fingerprint density at radius 1 is 0.667 bits per heavy atom. The lowest BCUT2D eigenvalue weighted by molar-refractivity contribution is -0.138. The molecule has 69 heavy (non-hydrogen) atoms. The van der Waals surface area contributed by atoms with Crippen LogP contribution in [0, 0.1) is 23.3 Å². The molecule has 0 bridgehead atoms. The maximum Gasteiger partial charge on any atom is 0.416 e. The highest BCUT2D eigenvalue weighted by atomic mass is 35.5. The van der Waals surface area contributed by atoms with Gasteiger partial charge < -0.3 is 24.7 Å². The molecule has 4 aromatic carbocycles. The number of carbonyl (C=O) groups excluding carboxylic acids is 4. The zero-order valence-corrected chi connectivity index (χ0v) is 37.5. The molecule has 1 amide bonds. The van der Waals surface area contributed by atoms with Crippen molar-refractivity contribution in [1.29, 1.82) is 0 Å². The number of rotatable bonds is 13. The summed E-state index contributed by atoms with van der Waals surface area (Å²) >= 11 is 6.36. The summed E-state index contributed by atoms with van der Waals surface area (Å²) in [6.45, 7) is 6.99. The van der Waals surface area contributed by atoms with Crippen molar-refractivity contribution >= 4 is 67.6 Å². The molecule has 0 saturated heterocycles. The average Bonchev–Trinajstić information content (AvgIpc) is 3.89. The normalized spacial score (nSPS) is 10.9. The summed E-state index contributed by atoms with van der Waals surface area (Å²) in [5.41, 5.74) is 1.40. The Morgan fingerprint density at radius 3 is 1.45 bits per heavy atom. The van der Waals surface area contributed by atoms with Crippen molar-refractivity contribution in [2.75, 3.05) is 38.5 Å². The van der Waals surface area contributed by atoms with Crippen LogP contribution in [-0.2, 0) is 21.8 Å². The number of hydrogen-bond donors (Lipinski definition) is 2. The van der Waals surface area contributed by atoms with Crippen LogP contribution in [0.25, 0.3) is 20.9 Å². The molecule has 12 nitrogen and oxygen atoms in total. The molecular formula is C44H31ClF10N4O8S2. The van der Waals surface area contributed by atoms with Crippen LogP contribution in [-0.4, -0.2) is 60.5 Å². The average molecular weight is 1030 g/mol. The summed E-state index contributed by atoms with van der Waals surface area (Å²) in [5, 5.41) is 0.749. The summed E-state index contributed by atoms with van der Waals surface area (Å²) in [6, 6.07) is 11.5. The fraction of sp³-hybridized carbons (Fsp3) is 0.136. The third-order valence-corrected chi connectivity index (χ3v) is 10.5. The highest BCUT2D eigenvalue weighted by Crippen LogP contribution is 2.44. The third-order valence-electron chi connectivity index (χ3n) is 8.41. The number of alkyl halides is 6. The molecule has 0 aliphatic heterocycles. The van der Waals surface area contributed by atoms with Gasteiger partial charge in [-0.1, -0.05) is 60.1 Å². The molecule has 0 aliphatic carbocycles. The smallest absolute Gasteiger partial charge is 0.416 e. The summed E-state index contributed by atoms with van der Waals surface area (Å²) in [7, 11) is 2.17. The number of methoxy groups -OCH3 is 2. The zero-order chi connectivity index (χ0) is 51.4. The van der Waals surface area contributed by atoms with Crippen molar-refractivity contribution in [2.45, 2.75) is 12.4 Å². The molecule has 2 aromatic heterocycles. The number of thiazole rings is 2. The van der Waals surface area contributed by atoms with E-state index in [4.69, 9.17) is 26.8 Å². The van der Waals surface area contributed by atoms with Gasteiger partial charge in [-0.25, -0.2) is 37.1 Å². The Labute approximate surface area is 396 Å². The van der Waals surface area contributed by atoms with Gasteiger partial charge >= 0.3 is 24.3 Å². The quantitative estimate of drug-likeness (QED) is 0.0489. The lowest BCUT2D eigenvalue weighted by Crippen LogP contribution is -2.16. The molecule has 0 fully saturated rings. The number of nitrogens with two attached hydrogens (primary N) is 1. The molecule has 2 heterocycles. The summed E-state index contributed by atoms with van der Waals surface area (Å²) in [5.74, 6) is -7.06. The van der Waals surface area contributed by atoms with Crippen LogP contribution in [0.3, 0.4) is 0 Å². The van der Waals surface area contributed by atoms with Gasteiger partial charge in [-0.05, 0) is 72.3 Å². The number of carbonyl (C=O) groups is 4. The minimum absolute atomic E-state index is 0.0254. The molecule has 0 atom stereocenters. The van der Waals surface area contributed by atoms with E-state index in [0.717, 1.165) is 92.3 Å². The molecular weight excluding hydrogens is 1000 g/mol. The minimum atomic E-state index is -4.71. The molecule has 3 N–H and O–H groups in total. The fourth-order valence-electron chi connectivity index (χ4n) is 5.42. The number of amides is 1. The number of anilines is 2. The van der Waals surface area contributed by atoms with E-state index in [2.05, 4.69) is 37.9 Å². The highest BCUT2D eigenvalue weighted by Gasteiger charge is 2.34. The first-order chi connectivity index (χ1) is 32.5. The van der Waals surface area contributed by atoms with Gasteiger partial charge in [0.2, 0.25) is 0 Å². The number of benzene rings is 4. The van der Waals surface area contributed by atoms with Crippen LogP contribution in [0.5, 0.6) is 11.5 Å². The predicted octanol–water partition coefficient (Wildman–Crippen LogP) is 11.8. The molecule has 0 radical (unpaired) electrons. The van der Waals surface area contributed by atoms with Crippen molar-refractivity contribution in [2.24, 2.45) is 0 Å². The van der Waals surface area contributed by atoms with Crippen LogP contribution in [0.1, 0.15) is 52.8 Å². The maximum absolute atomic E-state index is 13.9.